The van der Waals surface area contributed by atoms with Gasteiger partial charge in [0.15, 0.2) is 0 Å². The Kier molecular flexibility index (Phi) is 2.62. The Morgan fingerprint density at radius 2 is 2.27 bits per heavy atom. The van der Waals surface area contributed by atoms with Crippen molar-refractivity contribution in [3.8, 4) is 0 Å². The van der Waals surface area contributed by atoms with Crippen LogP contribution in [0.1, 0.15) is 24.5 Å². The lowest BCUT2D eigenvalue weighted by atomic mass is 9.99. The van der Waals surface area contributed by atoms with Crippen molar-refractivity contribution in [2.45, 2.75) is 19.8 Å². The Bertz CT molecular complexity index is 399. The quantitative estimate of drug-likeness (QED) is 0.433. The Hall–Kier alpha value is -1.51. The molecule has 0 saturated carbocycles. The van der Waals surface area contributed by atoms with E-state index >= 15 is 0 Å². The van der Waals surface area contributed by atoms with Crippen LogP contribution in [0.2, 0.25) is 0 Å². The van der Waals surface area contributed by atoms with Crippen molar-refractivity contribution >= 4 is 11.4 Å². The van der Waals surface area contributed by atoms with Gasteiger partial charge in [0, 0.05) is 24.8 Å². The van der Waals surface area contributed by atoms with E-state index in [2.05, 4.69) is 29.2 Å². The van der Waals surface area contributed by atoms with Gasteiger partial charge in [0.25, 0.3) is 0 Å². The highest BCUT2D eigenvalue weighted by Gasteiger charge is 2.14. The normalized spacial score (nSPS) is 16.4. The SMILES string of the molecule is CC(=NO)c1ccc2c(c1)N(C)CCC2. The first kappa shape index (κ1) is 10.0. The third-order valence-corrected chi connectivity index (χ3v) is 3.00. The summed E-state index contributed by atoms with van der Waals surface area (Å²) >= 11 is 0. The molecule has 1 aliphatic rings. The van der Waals surface area contributed by atoms with Crippen LogP contribution in [-0.2, 0) is 6.42 Å². The van der Waals surface area contributed by atoms with Gasteiger partial charge in [-0.05, 0) is 31.4 Å². The minimum Gasteiger partial charge on any atom is -0.411 e. The van der Waals surface area contributed by atoms with Crippen molar-refractivity contribution in [1.82, 2.24) is 0 Å². The van der Waals surface area contributed by atoms with Gasteiger partial charge in [0.2, 0.25) is 0 Å². The van der Waals surface area contributed by atoms with E-state index < -0.39 is 0 Å². The fourth-order valence-corrected chi connectivity index (χ4v) is 2.04. The predicted molar refractivity (Wildman–Crippen MR) is 62.0 cm³/mol. The summed E-state index contributed by atoms with van der Waals surface area (Å²) in [6.45, 7) is 2.91. The van der Waals surface area contributed by atoms with Gasteiger partial charge in [-0.25, -0.2) is 0 Å². The molecule has 0 aromatic heterocycles. The molecule has 0 fully saturated rings. The second kappa shape index (κ2) is 3.93. The first-order chi connectivity index (χ1) is 7.22. The number of hydrogen-bond donors (Lipinski definition) is 1. The third-order valence-electron chi connectivity index (χ3n) is 3.00. The van der Waals surface area contributed by atoms with Gasteiger partial charge in [0.1, 0.15) is 0 Å². The van der Waals surface area contributed by atoms with Crippen LogP contribution >= 0.6 is 0 Å². The molecule has 3 heteroatoms. The van der Waals surface area contributed by atoms with Crippen molar-refractivity contribution in [3.05, 3.63) is 29.3 Å². The van der Waals surface area contributed by atoms with E-state index in [0.717, 1.165) is 18.5 Å². The average Bonchev–Trinajstić information content (AvgIpc) is 2.28. The van der Waals surface area contributed by atoms with Gasteiger partial charge in [-0.2, -0.15) is 0 Å². The monoisotopic (exact) mass is 204 g/mol. The van der Waals surface area contributed by atoms with E-state index in [9.17, 15) is 0 Å². The Morgan fingerprint density at radius 1 is 1.47 bits per heavy atom. The number of nitrogens with zero attached hydrogens (tertiary/aromatic N) is 2. The topological polar surface area (TPSA) is 35.8 Å². The van der Waals surface area contributed by atoms with Crippen LogP contribution < -0.4 is 4.90 Å². The summed E-state index contributed by atoms with van der Waals surface area (Å²) in [5, 5.41) is 12.0. The third kappa shape index (κ3) is 1.82. The first-order valence-electron chi connectivity index (χ1n) is 5.25. The lowest BCUT2D eigenvalue weighted by molar-refractivity contribution is 0.319. The number of rotatable bonds is 1. The highest BCUT2D eigenvalue weighted by molar-refractivity contribution is 5.99. The summed E-state index contributed by atoms with van der Waals surface area (Å²) in [7, 11) is 2.10. The van der Waals surface area contributed by atoms with E-state index in [1.165, 1.54) is 17.7 Å². The van der Waals surface area contributed by atoms with Gasteiger partial charge in [0.05, 0.1) is 5.71 Å². The van der Waals surface area contributed by atoms with Gasteiger partial charge in [-0.1, -0.05) is 17.3 Å². The van der Waals surface area contributed by atoms with Gasteiger partial charge in [-0.15, -0.1) is 0 Å². The smallest absolute Gasteiger partial charge is 0.0837 e. The second-order valence-electron chi connectivity index (χ2n) is 4.05. The molecule has 1 aliphatic heterocycles. The molecule has 0 saturated heterocycles. The molecule has 80 valence electrons. The number of hydrogen-bond acceptors (Lipinski definition) is 3. The molecule has 0 amide bonds. The molecule has 1 aromatic rings. The molecule has 0 aliphatic carbocycles. The summed E-state index contributed by atoms with van der Waals surface area (Å²) in [6, 6.07) is 6.26. The summed E-state index contributed by atoms with van der Waals surface area (Å²) < 4.78 is 0. The average molecular weight is 204 g/mol. The summed E-state index contributed by atoms with van der Waals surface area (Å²) in [4.78, 5) is 2.26. The van der Waals surface area contributed by atoms with Crippen molar-refractivity contribution in [1.29, 1.82) is 0 Å². The summed E-state index contributed by atoms with van der Waals surface area (Å²) in [6.07, 6.45) is 2.37. The molecule has 3 nitrogen and oxygen atoms in total. The summed E-state index contributed by atoms with van der Waals surface area (Å²) in [5.74, 6) is 0. The van der Waals surface area contributed by atoms with Crippen LogP contribution in [-0.4, -0.2) is 24.5 Å². The van der Waals surface area contributed by atoms with E-state index in [4.69, 9.17) is 5.21 Å². The van der Waals surface area contributed by atoms with E-state index in [1.54, 1.807) is 0 Å². The largest absolute Gasteiger partial charge is 0.411 e. The lowest BCUT2D eigenvalue weighted by Crippen LogP contribution is -2.24. The molecule has 1 N–H and O–H groups in total. The number of oxime groups is 1. The van der Waals surface area contributed by atoms with Gasteiger partial charge >= 0.3 is 0 Å². The Labute approximate surface area is 90.0 Å². The lowest BCUT2D eigenvalue weighted by Gasteiger charge is -2.27. The zero-order chi connectivity index (χ0) is 10.8. The summed E-state index contributed by atoms with van der Waals surface area (Å²) in [5.41, 5.74) is 4.31. The van der Waals surface area contributed by atoms with Crippen LogP contribution in [0.5, 0.6) is 0 Å². The van der Waals surface area contributed by atoms with Gasteiger partial charge in [-0.3, -0.25) is 0 Å². The molecule has 0 radical (unpaired) electrons. The van der Waals surface area contributed by atoms with Crippen LogP contribution in [0, 0.1) is 0 Å². The molecule has 15 heavy (non-hydrogen) atoms. The highest BCUT2D eigenvalue weighted by atomic mass is 16.4. The van der Waals surface area contributed by atoms with Crippen molar-refractivity contribution in [2.75, 3.05) is 18.5 Å². The van der Waals surface area contributed by atoms with E-state index in [0.29, 0.717) is 5.71 Å². The maximum Gasteiger partial charge on any atom is 0.0837 e. The van der Waals surface area contributed by atoms with Crippen molar-refractivity contribution in [3.63, 3.8) is 0 Å². The molecule has 0 unspecified atom stereocenters. The standard InChI is InChI=1S/C12H16N2O/c1-9(13-15)11-6-5-10-4-3-7-14(2)12(10)8-11/h5-6,8,15H,3-4,7H2,1-2H3. The predicted octanol–water partition coefficient (Wildman–Crippen LogP) is 2.27. The van der Waals surface area contributed by atoms with Crippen molar-refractivity contribution < 1.29 is 5.21 Å². The molecule has 0 atom stereocenters. The number of anilines is 1. The minimum atomic E-state index is 0.664. The van der Waals surface area contributed by atoms with Gasteiger partial charge < -0.3 is 10.1 Å². The maximum atomic E-state index is 8.73. The highest BCUT2D eigenvalue weighted by Crippen LogP contribution is 2.27. The Morgan fingerprint density at radius 3 is 3.00 bits per heavy atom. The molecule has 0 spiro atoms. The van der Waals surface area contributed by atoms with E-state index in [1.807, 2.05) is 13.0 Å². The second-order valence-corrected chi connectivity index (χ2v) is 4.05. The fraction of sp³-hybridized carbons (Fsp3) is 0.417. The molecule has 2 rings (SSSR count). The number of aryl methyl sites for hydroxylation is 1. The molecule has 1 heterocycles. The Balaban J connectivity index is 2.44. The first-order valence-corrected chi connectivity index (χ1v) is 5.25. The van der Waals surface area contributed by atoms with Crippen LogP contribution in [0.4, 0.5) is 5.69 Å². The molecule has 0 bridgehead atoms. The number of benzene rings is 1. The molecular formula is C12H16N2O. The zero-order valence-electron chi connectivity index (χ0n) is 9.20. The van der Waals surface area contributed by atoms with Crippen LogP contribution in [0.25, 0.3) is 0 Å². The minimum absolute atomic E-state index is 0.664. The molecule has 1 aromatic carbocycles. The van der Waals surface area contributed by atoms with Crippen LogP contribution in [0.3, 0.4) is 0 Å². The van der Waals surface area contributed by atoms with Crippen LogP contribution in [0.15, 0.2) is 23.4 Å². The molecular weight excluding hydrogens is 188 g/mol. The van der Waals surface area contributed by atoms with E-state index in [-0.39, 0.29) is 0 Å². The maximum absolute atomic E-state index is 8.73. The van der Waals surface area contributed by atoms with Crippen molar-refractivity contribution in [2.24, 2.45) is 5.16 Å². The number of fused-ring (bicyclic) bond motifs is 1. The zero-order valence-corrected chi connectivity index (χ0v) is 9.20. The fourth-order valence-electron chi connectivity index (χ4n) is 2.04.